The largest absolute Gasteiger partial charge is 0.482 e. The van der Waals surface area contributed by atoms with E-state index in [-0.39, 0.29) is 6.54 Å². The van der Waals surface area contributed by atoms with Crippen molar-refractivity contribution in [3.8, 4) is 17.5 Å². The van der Waals surface area contributed by atoms with E-state index in [1.54, 1.807) is 55.5 Å². The summed E-state index contributed by atoms with van der Waals surface area (Å²) >= 11 is 3.56. The number of halogens is 1. The number of anilines is 1. The predicted octanol–water partition coefficient (Wildman–Crippen LogP) is 5.87. The Hall–Kier alpha value is -4.93. The van der Waals surface area contributed by atoms with Crippen LogP contribution in [-0.2, 0) is 25.6 Å². The Morgan fingerprint density at radius 1 is 1.12 bits per heavy atom. The molecule has 0 unspecified atom stereocenters. The minimum Gasteiger partial charge on any atom is -0.482 e. The highest BCUT2D eigenvalue weighted by Crippen LogP contribution is 2.43. The molecule has 2 aliphatic rings. The number of nitrogens with one attached hydrogen (secondary N) is 1. The Balaban J connectivity index is 1.42. The van der Waals surface area contributed by atoms with Gasteiger partial charge in [0.2, 0.25) is 5.91 Å². The van der Waals surface area contributed by atoms with Crippen LogP contribution < -0.4 is 15.0 Å². The van der Waals surface area contributed by atoms with Crippen molar-refractivity contribution >= 4 is 50.4 Å². The van der Waals surface area contributed by atoms with E-state index in [4.69, 9.17) is 19.3 Å². The minimum absolute atomic E-state index is 0.0331. The zero-order chi connectivity index (χ0) is 35.8. The van der Waals surface area contributed by atoms with Crippen molar-refractivity contribution in [2.45, 2.75) is 70.4 Å². The number of carbonyl (C=O) groups excluding carboxylic acids is 3. The molecule has 0 radical (unpaired) electrons. The number of fused-ring (bicyclic) bond motifs is 2. The highest BCUT2D eigenvalue weighted by Gasteiger charge is 2.52. The Morgan fingerprint density at radius 3 is 2.54 bits per heavy atom. The Labute approximate surface area is 299 Å². The summed E-state index contributed by atoms with van der Waals surface area (Å²) in [5, 5.41) is 18.6. The van der Waals surface area contributed by atoms with Crippen LogP contribution in [-0.4, -0.2) is 76.1 Å². The molecule has 1 fully saturated rings. The minimum atomic E-state index is -1.15. The molecule has 260 valence electrons. The van der Waals surface area contributed by atoms with Crippen LogP contribution in [0.2, 0.25) is 0 Å². The molecule has 50 heavy (non-hydrogen) atoms. The van der Waals surface area contributed by atoms with Gasteiger partial charge >= 0.3 is 6.09 Å². The van der Waals surface area contributed by atoms with Gasteiger partial charge in [-0.15, -0.1) is 0 Å². The number of hydrogen-bond donors (Lipinski definition) is 1. The van der Waals surface area contributed by atoms with Crippen LogP contribution in [0.1, 0.15) is 51.8 Å². The van der Waals surface area contributed by atoms with Crippen LogP contribution in [0, 0.1) is 11.3 Å². The van der Waals surface area contributed by atoms with Gasteiger partial charge in [-0.1, -0.05) is 46.3 Å². The van der Waals surface area contributed by atoms with Crippen molar-refractivity contribution in [2.75, 3.05) is 25.2 Å². The average Bonchev–Trinajstić information content (AvgIpc) is 3.43. The molecule has 0 bridgehead atoms. The van der Waals surface area contributed by atoms with Crippen LogP contribution in [0.4, 0.5) is 10.5 Å². The molecule has 1 saturated heterocycles. The number of para-hydroxylation sites is 2. The van der Waals surface area contributed by atoms with E-state index in [0.717, 1.165) is 15.4 Å². The lowest BCUT2D eigenvalue weighted by Crippen LogP contribution is -2.65. The first-order valence-corrected chi connectivity index (χ1v) is 17.2. The van der Waals surface area contributed by atoms with Crippen molar-refractivity contribution in [3.63, 3.8) is 0 Å². The third-order valence-corrected chi connectivity index (χ3v) is 9.55. The van der Waals surface area contributed by atoms with E-state index in [0.29, 0.717) is 54.4 Å². The van der Waals surface area contributed by atoms with Gasteiger partial charge in [0.05, 0.1) is 47.9 Å². The van der Waals surface area contributed by atoms with Crippen molar-refractivity contribution in [1.29, 1.82) is 5.26 Å². The fraction of sp³-hybridized carbons (Fsp3) is 0.378. The molecule has 1 aromatic heterocycles. The predicted molar refractivity (Wildman–Crippen MR) is 190 cm³/mol. The monoisotopic (exact) mass is 742 g/mol. The number of nitrogens with zero attached hydrogens (tertiary/aromatic N) is 5. The van der Waals surface area contributed by atoms with Gasteiger partial charge in [-0.25, -0.2) is 9.48 Å². The first-order chi connectivity index (χ1) is 23.8. The second-order valence-electron chi connectivity index (χ2n) is 13.5. The number of nitriles is 1. The highest BCUT2D eigenvalue weighted by atomic mass is 79.9. The summed E-state index contributed by atoms with van der Waals surface area (Å²) in [6, 6.07) is 20.4. The molecule has 1 spiro atoms. The van der Waals surface area contributed by atoms with Crippen LogP contribution in [0.15, 0.2) is 71.2 Å². The third kappa shape index (κ3) is 6.78. The van der Waals surface area contributed by atoms with Crippen molar-refractivity contribution in [1.82, 2.24) is 20.0 Å². The summed E-state index contributed by atoms with van der Waals surface area (Å²) in [7, 11) is 1.49. The van der Waals surface area contributed by atoms with Crippen molar-refractivity contribution < 1.29 is 28.6 Å². The van der Waals surface area contributed by atoms with E-state index in [2.05, 4.69) is 27.3 Å². The van der Waals surface area contributed by atoms with Gasteiger partial charge in [0.1, 0.15) is 35.1 Å². The Morgan fingerprint density at radius 2 is 1.82 bits per heavy atom. The number of carbonyl (C=O) groups is 3. The summed E-state index contributed by atoms with van der Waals surface area (Å²) in [4.78, 5) is 44.6. The van der Waals surface area contributed by atoms with E-state index in [1.807, 2.05) is 48.5 Å². The molecule has 2 atom stereocenters. The topological polar surface area (TPSA) is 139 Å². The lowest BCUT2D eigenvalue weighted by molar-refractivity contribution is -0.139. The van der Waals surface area contributed by atoms with Gasteiger partial charge in [0.25, 0.3) is 5.91 Å². The average molecular weight is 744 g/mol. The quantitative estimate of drug-likeness (QED) is 0.259. The smallest absolute Gasteiger partial charge is 0.410 e. The standard InChI is InChI=1S/C37H39BrN6O6/c1-23(42(5)35(47)50-36(2,3)4)33(45)40-32-34(46)43(30-15-14-25(38)20-31(30)49-37(32)16-18-48-19-17-37)22-27-26-11-7-9-13-29(26)44(41-27)28-12-8-6-10-24(28)21-39/h6-15,20,23,32H,16-19,22H2,1-5H3,(H,40,45)/t23-,32+/m0/s1. The van der Waals surface area contributed by atoms with Gasteiger partial charge in [0, 0.05) is 29.7 Å². The molecule has 2 aliphatic heterocycles. The van der Waals surface area contributed by atoms with Crippen LogP contribution in [0.3, 0.4) is 0 Å². The number of likely N-dealkylation sites (N-methyl/N-ethyl adjacent to an activating group) is 1. The molecule has 4 aromatic rings. The fourth-order valence-electron chi connectivity index (χ4n) is 6.30. The molecular formula is C37H39BrN6O6. The molecule has 3 amide bonds. The molecule has 6 rings (SSSR count). The van der Waals surface area contributed by atoms with E-state index < -0.39 is 41.2 Å². The second kappa shape index (κ2) is 13.8. The summed E-state index contributed by atoms with van der Waals surface area (Å²) in [5.41, 5.74) is 1.03. The first-order valence-electron chi connectivity index (χ1n) is 16.4. The number of amides is 3. The van der Waals surface area contributed by atoms with Gasteiger partial charge in [0.15, 0.2) is 0 Å². The zero-order valence-corrected chi connectivity index (χ0v) is 30.2. The zero-order valence-electron chi connectivity index (χ0n) is 28.6. The first kappa shape index (κ1) is 34.9. The normalized spacial score (nSPS) is 17.7. The molecule has 0 saturated carbocycles. The molecule has 3 heterocycles. The number of benzene rings is 3. The highest BCUT2D eigenvalue weighted by molar-refractivity contribution is 9.10. The Kier molecular flexibility index (Phi) is 9.61. The van der Waals surface area contributed by atoms with Gasteiger partial charge in [-0.2, -0.15) is 10.4 Å². The summed E-state index contributed by atoms with van der Waals surface area (Å²) < 4.78 is 20.5. The van der Waals surface area contributed by atoms with Gasteiger partial charge < -0.3 is 24.4 Å². The maximum absolute atomic E-state index is 15.0. The molecule has 0 aliphatic carbocycles. The maximum Gasteiger partial charge on any atom is 0.410 e. The number of hydrogen-bond acceptors (Lipinski definition) is 8. The Bertz CT molecular complexity index is 1990. The van der Waals surface area contributed by atoms with Crippen LogP contribution in [0.5, 0.6) is 5.75 Å². The lowest BCUT2D eigenvalue weighted by Gasteiger charge is -2.42. The fourth-order valence-corrected chi connectivity index (χ4v) is 6.64. The molecule has 12 nitrogen and oxygen atoms in total. The molecule has 1 N–H and O–H groups in total. The molecule has 13 heteroatoms. The molecular weight excluding hydrogens is 704 g/mol. The number of ether oxygens (including phenoxy) is 3. The van der Waals surface area contributed by atoms with Gasteiger partial charge in [-0.05, 0) is 64.1 Å². The summed E-state index contributed by atoms with van der Waals surface area (Å²) in [6.45, 7) is 7.51. The number of aromatic nitrogens is 2. The van der Waals surface area contributed by atoms with Crippen molar-refractivity contribution in [2.24, 2.45) is 0 Å². The van der Waals surface area contributed by atoms with E-state index >= 15 is 4.79 Å². The maximum atomic E-state index is 15.0. The SMILES string of the molecule is C[C@@H](C(=O)N[C@@H]1C(=O)N(Cc2nn(-c3ccccc3C#N)c3ccccc23)c2ccc(Br)cc2OC12CCOCC2)N(C)C(=O)OC(C)(C)C. The number of rotatable bonds is 6. The lowest BCUT2D eigenvalue weighted by atomic mass is 9.84. The summed E-state index contributed by atoms with van der Waals surface area (Å²) in [6.07, 6.45) is 0.00792. The van der Waals surface area contributed by atoms with Crippen LogP contribution in [0.25, 0.3) is 16.6 Å². The van der Waals surface area contributed by atoms with Crippen LogP contribution >= 0.6 is 15.9 Å². The third-order valence-electron chi connectivity index (χ3n) is 9.06. The van der Waals surface area contributed by atoms with E-state index in [9.17, 15) is 14.9 Å². The van der Waals surface area contributed by atoms with E-state index in [1.165, 1.54) is 11.9 Å². The summed E-state index contributed by atoms with van der Waals surface area (Å²) in [5.74, 6) is -0.477. The van der Waals surface area contributed by atoms with Gasteiger partial charge in [-0.3, -0.25) is 14.5 Å². The molecule has 3 aromatic carbocycles. The second-order valence-corrected chi connectivity index (χ2v) is 14.4. The van der Waals surface area contributed by atoms with Crippen molar-refractivity contribution in [3.05, 3.63) is 82.5 Å².